The van der Waals surface area contributed by atoms with Gasteiger partial charge in [0.2, 0.25) is 0 Å². The first kappa shape index (κ1) is 22.8. The molecule has 0 aliphatic carbocycles. The van der Waals surface area contributed by atoms with Crippen LogP contribution in [0.2, 0.25) is 0 Å². The van der Waals surface area contributed by atoms with Gasteiger partial charge in [0.25, 0.3) is 15.9 Å². The molecule has 1 amide bonds. The largest absolute Gasteiger partial charge is 0.416 e. The quantitative estimate of drug-likeness (QED) is 0.550. The minimum atomic E-state index is -4.45. The van der Waals surface area contributed by atoms with E-state index in [0.717, 1.165) is 17.7 Å². The Hall–Kier alpha value is -3.33. The zero-order valence-electron chi connectivity index (χ0n) is 17.8. The molecule has 0 saturated heterocycles. The van der Waals surface area contributed by atoms with E-state index in [9.17, 15) is 26.4 Å². The molecular formula is C24H21F3N2O3S. The van der Waals surface area contributed by atoms with Crippen LogP contribution in [-0.2, 0) is 22.6 Å². The maximum absolute atomic E-state index is 13.2. The summed E-state index contributed by atoms with van der Waals surface area (Å²) in [5.74, 6) is -0.495. The van der Waals surface area contributed by atoms with Gasteiger partial charge < -0.3 is 5.32 Å². The highest BCUT2D eigenvalue weighted by molar-refractivity contribution is 7.92. The molecule has 33 heavy (non-hydrogen) atoms. The summed E-state index contributed by atoms with van der Waals surface area (Å²) in [6.07, 6.45) is -4.02. The minimum Gasteiger partial charge on any atom is -0.322 e. The number of hydrogen-bond acceptors (Lipinski definition) is 3. The number of anilines is 2. The van der Waals surface area contributed by atoms with E-state index in [4.69, 9.17) is 0 Å². The van der Waals surface area contributed by atoms with E-state index in [1.165, 1.54) is 22.5 Å². The molecule has 0 saturated carbocycles. The van der Waals surface area contributed by atoms with Crippen LogP contribution in [0.15, 0.2) is 71.6 Å². The van der Waals surface area contributed by atoms with Crippen molar-refractivity contribution in [2.45, 2.75) is 37.4 Å². The summed E-state index contributed by atoms with van der Waals surface area (Å²) < 4.78 is 66.0. The minimum absolute atomic E-state index is 0.192. The monoisotopic (exact) mass is 474 g/mol. The number of fused-ring (bicyclic) bond motifs is 1. The lowest BCUT2D eigenvalue weighted by Gasteiger charge is -2.24. The Labute approximate surface area is 189 Å². The zero-order valence-corrected chi connectivity index (χ0v) is 18.7. The Morgan fingerprint density at radius 1 is 1.00 bits per heavy atom. The van der Waals surface area contributed by atoms with E-state index in [2.05, 4.69) is 5.32 Å². The van der Waals surface area contributed by atoms with Crippen LogP contribution in [0, 0.1) is 6.92 Å². The van der Waals surface area contributed by atoms with Crippen LogP contribution in [0.25, 0.3) is 0 Å². The van der Waals surface area contributed by atoms with Crippen molar-refractivity contribution in [1.82, 2.24) is 0 Å². The number of hydrogen-bond donors (Lipinski definition) is 1. The normalized spacial score (nSPS) is 15.9. The van der Waals surface area contributed by atoms with Crippen molar-refractivity contribution < 1.29 is 26.4 Å². The summed E-state index contributed by atoms with van der Waals surface area (Å²) in [6.45, 7) is 3.68. The fourth-order valence-corrected chi connectivity index (χ4v) is 5.57. The predicted molar refractivity (Wildman–Crippen MR) is 120 cm³/mol. The lowest BCUT2D eigenvalue weighted by molar-refractivity contribution is -0.137. The second-order valence-corrected chi connectivity index (χ2v) is 9.85. The standard InChI is InChI=1S/C24H21F3N2O3S/c1-15-3-10-21(11-4-15)33(31,32)29-16(2)13-18-14-17(5-12-22(18)29)23(30)28-20-8-6-19(7-9-20)24(25,26)27/h3-12,14,16H,13H2,1-2H3,(H,28,30)/t16-/m1/s1. The second-order valence-electron chi connectivity index (χ2n) is 8.04. The Morgan fingerprint density at radius 3 is 2.24 bits per heavy atom. The van der Waals surface area contributed by atoms with E-state index in [0.29, 0.717) is 17.7 Å². The number of nitrogens with zero attached hydrogens (tertiary/aromatic N) is 1. The van der Waals surface area contributed by atoms with Gasteiger partial charge in [0, 0.05) is 17.3 Å². The molecule has 1 atom stereocenters. The SMILES string of the molecule is Cc1ccc(S(=O)(=O)N2c3ccc(C(=O)Nc4ccc(C(F)(F)F)cc4)cc3C[C@H]2C)cc1. The van der Waals surface area contributed by atoms with Crippen LogP contribution in [0.4, 0.5) is 24.5 Å². The summed E-state index contributed by atoms with van der Waals surface area (Å²) in [5, 5.41) is 2.57. The van der Waals surface area contributed by atoms with E-state index < -0.39 is 27.7 Å². The average Bonchev–Trinajstić information content (AvgIpc) is 3.09. The smallest absolute Gasteiger partial charge is 0.322 e. The lowest BCUT2D eigenvalue weighted by atomic mass is 10.1. The topological polar surface area (TPSA) is 66.5 Å². The second kappa shape index (κ2) is 8.22. The fourth-order valence-electron chi connectivity index (χ4n) is 3.88. The molecule has 0 unspecified atom stereocenters. The van der Waals surface area contributed by atoms with Crippen LogP contribution in [-0.4, -0.2) is 20.4 Å². The average molecular weight is 475 g/mol. The molecule has 5 nitrogen and oxygen atoms in total. The van der Waals surface area contributed by atoms with Gasteiger partial charge in [-0.3, -0.25) is 9.10 Å². The zero-order chi connectivity index (χ0) is 24.0. The molecule has 0 aromatic heterocycles. The number of rotatable bonds is 4. The first-order chi connectivity index (χ1) is 15.5. The van der Waals surface area contributed by atoms with Crippen molar-refractivity contribution in [2.75, 3.05) is 9.62 Å². The van der Waals surface area contributed by atoms with E-state index in [1.807, 2.05) is 6.92 Å². The summed E-state index contributed by atoms with van der Waals surface area (Å²) in [5.41, 5.74) is 1.88. The maximum atomic E-state index is 13.2. The third kappa shape index (κ3) is 4.45. The van der Waals surface area contributed by atoms with Gasteiger partial charge in [0.1, 0.15) is 0 Å². The fraction of sp³-hybridized carbons (Fsp3) is 0.208. The number of amides is 1. The highest BCUT2D eigenvalue weighted by Gasteiger charge is 2.36. The highest BCUT2D eigenvalue weighted by Crippen LogP contribution is 2.37. The van der Waals surface area contributed by atoms with Gasteiger partial charge in [0.15, 0.2) is 0 Å². The number of carbonyl (C=O) groups excluding carboxylic acids is 1. The number of alkyl halides is 3. The van der Waals surface area contributed by atoms with Crippen LogP contribution in [0.3, 0.4) is 0 Å². The van der Waals surface area contributed by atoms with Gasteiger partial charge in [-0.1, -0.05) is 17.7 Å². The number of carbonyl (C=O) groups is 1. The molecule has 0 spiro atoms. The van der Waals surface area contributed by atoms with E-state index >= 15 is 0 Å². The number of aryl methyl sites for hydroxylation is 1. The Bertz CT molecular complexity index is 1300. The van der Waals surface area contributed by atoms with E-state index in [-0.39, 0.29) is 22.2 Å². The summed E-state index contributed by atoms with van der Waals surface area (Å²) >= 11 is 0. The first-order valence-corrected chi connectivity index (χ1v) is 11.6. The third-order valence-corrected chi connectivity index (χ3v) is 7.49. The van der Waals surface area contributed by atoms with Crippen LogP contribution >= 0.6 is 0 Å². The number of sulfonamides is 1. The number of benzene rings is 3. The Balaban J connectivity index is 1.57. The van der Waals surface area contributed by atoms with Crippen molar-refractivity contribution in [2.24, 2.45) is 0 Å². The lowest BCUT2D eigenvalue weighted by Crippen LogP contribution is -2.35. The summed E-state index contributed by atoms with van der Waals surface area (Å²) in [7, 11) is -3.77. The number of nitrogens with one attached hydrogen (secondary N) is 1. The molecule has 1 aliphatic heterocycles. The molecule has 1 N–H and O–H groups in total. The molecule has 0 radical (unpaired) electrons. The van der Waals surface area contributed by atoms with Crippen LogP contribution < -0.4 is 9.62 Å². The van der Waals surface area contributed by atoms with Crippen molar-refractivity contribution >= 4 is 27.3 Å². The van der Waals surface area contributed by atoms with Gasteiger partial charge in [-0.05, 0) is 80.4 Å². The van der Waals surface area contributed by atoms with Crippen molar-refractivity contribution in [3.63, 3.8) is 0 Å². The molecule has 0 fully saturated rings. The highest BCUT2D eigenvalue weighted by atomic mass is 32.2. The maximum Gasteiger partial charge on any atom is 0.416 e. The molecule has 1 aliphatic rings. The summed E-state index contributed by atoms with van der Waals surface area (Å²) in [6, 6.07) is 15.2. The van der Waals surface area contributed by atoms with Gasteiger partial charge in [-0.15, -0.1) is 0 Å². The van der Waals surface area contributed by atoms with Crippen LogP contribution in [0.5, 0.6) is 0 Å². The van der Waals surface area contributed by atoms with Crippen molar-refractivity contribution in [3.8, 4) is 0 Å². The summed E-state index contributed by atoms with van der Waals surface area (Å²) in [4.78, 5) is 12.8. The molecule has 0 bridgehead atoms. The predicted octanol–water partition coefficient (Wildman–Crippen LogP) is 5.41. The van der Waals surface area contributed by atoms with Gasteiger partial charge >= 0.3 is 6.18 Å². The molecule has 3 aromatic carbocycles. The van der Waals surface area contributed by atoms with E-state index in [1.54, 1.807) is 43.3 Å². The van der Waals surface area contributed by atoms with Crippen LogP contribution in [0.1, 0.15) is 34.0 Å². The Morgan fingerprint density at radius 2 is 1.64 bits per heavy atom. The van der Waals surface area contributed by atoms with Crippen molar-refractivity contribution in [1.29, 1.82) is 0 Å². The van der Waals surface area contributed by atoms with Crippen molar-refractivity contribution in [3.05, 3.63) is 89.0 Å². The molecule has 4 rings (SSSR count). The van der Waals surface area contributed by atoms with Gasteiger partial charge in [-0.25, -0.2) is 8.42 Å². The first-order valence-electron chi connectivity index (χ1n) is 10.2. The molecule has 172 valence electrons. The molecule has 1 heterocycles. The number of halogens is 3. The van der Waals surface area contributed by atoms with Gasteiger partial charge in [0.05, 0.1) is 16.1 Å². The Kier molecular flexibility index (Phi) is 5.69. The third-order valence-electron chi connectivity index (χ3n) is 5.54. The van der Waals surface area contributed by atoms with Gasteiger partial charge in [-0.2, -0.15) is 13.2 Å². The molecule has 9 heteroatoms. The molecular weight excluding hydrogens is 453 g/mol. The molecule has 3 aromatic rings.